The van der Waals surface area contributed by atoms with E-state index in [4.69, 9.17) is 0 Å². The second-order valence-electron chi connectivity index (χ2n) is 4.30. The fraction of sp³-hybridized carbons (Fsp3) is 0.900. The van der Waals surface area contributed by atoms with E-state index in [0.717, 1.165) is 4.90 Å². The molecule has 7 heteroatoms. The maximum Gasteiger partial charge on any atom is 0.418 e. The summed E-state index contributed by atoms with van der Waals surface area (Å²) in [5, 5.41) is 12.3. The van der Waals surface area contributed by atoms with Crippen molar-refractivity contribution in [3.05, 3.63) is 0 Å². The Morgan fingerprint density at radius 1 is 1.53 bits per heavy atom. The number of hydrogen-bond acceptors (Lipinski definition) is 3. The monoisotopic (exact) mass is 254 g/mol. The lowest BCUT2D eigenvalue weighted by Crippen LogP contribution is -2.58. The zero-order valence-electron chi connectivity index (χ0n) is 9.68. The standard InChI is InChI=1S/C10H17F3N2O2/c1-14-5-3-8(16)15-6-2-4-9(17,7-15)10(11,12)13/h14,17H,2-7H2,1H3. The van der Waals surface area contributed by atoms with E-state index in [1.807, 2.05) is 0 Å². The Morgan fingerprint density at radius 2 is 2.18 bits per heavy atom. The summed E-state index contributed by atoms with van der Waals surface area (Å²) in [5.74, 6) is -0.360. The molecule has 100 valence electrons. The van der Waals surface area contributed by atoms with E-state index in [-0.39, 0.29) is 31.7 Å². The number of nitrogens with one attached hydrogen (secondary N) is 1. The van der Waals surface area contributed by atoms with Crippen molar-refractivity contribution in [2.75, 3.05) is 26.7 Å². The Bertz CT molecular complexity index is 283. The topological polar surface area (TPSA) is 52.6 Å². The van der Waals surface area contributed by atoms with Gasteiger partial charge in [-0.1, -0.05) is 0 Å². The lowest BCUT2D eigenvalue weighted by atomic mass is 9.92. The number of rotatable bonds is 3. The van der Waals surface area contributed by atoms with Crippen molar-refractivity contribution in [2.24, 2.45) is 0 Å². The number of halogens is 3. The van der Waals surface area contributed by atoms with E-state index in [9.17, 15) is 23.1 Å². The van der Waals surface area contributed by atoms with Gasteiger partial charge in [-0.05, 0) is 19.9 Å². The average molecular weight is 254 g/mol. The maximum atomic E-state index is 12.6. The van der Waals surface area contributed by atoms with Crippen LogP contribution in [0.4, 0.5) is 13.2 Å². The SMILES string of the molecule is CNCCC(=O)N1CCCC(O)(C(F)(F)F)C1. The van der Waals surface area contributed by atoms with Gasteiger partial charge in [-0.2, -0.15) is 13.2 Å². The van der Waals surface area contributed by atoms with E-state index >= 15 is 0 Å². The third-order valence-corrected chi connectivity index (χ3v) is 2.94. The molecule has 1 aliphatic rings. The summed E-state index contributed by atoms with van der Waals surface area (Å²) < 4.78 is 37.8. The van der Waals surface area contributed by atoms with Gasteiger partial charge in [0.05, 0.1) is 6.54 Å². The molecule has 0 aliphatic carbocycles. The minimum absolute atomic E-state index is 0.143. The first-order valence-electron chi connectivity index (χ1n) is 5.51. The van der Waals surface area contributed by atoms with Gasteiger partial charge in [-0.15, -0.1) is 0 Å². The van der Waals surface area contributed by atoms with Gasteiger partial charge >= 0.3 is 6.18 Å². The number of β-amino-alcohol motifs (C(OH)–C–C–N with tert-alkyl or cyclic N) is 1. The first-order chi connectivity index (χ1) is 7.80. The van der Waals surface area contributed by atoms with Crippen LogP contribution in [0.2, 0.25) is 0 Å². The molecule has 0 aromatic carbocycles. The predicted octanol–water partition coefficient (Wildman–Crippen LogP) is 0.512. The van der Waals surface area contributed by atoms with Crippen LogP contribution < -0.4 is 5.32 Å². The van der Waals surface area contributed by atoms with Gasteiger partial charge in [-0.3, -0.25) is 4.79 Å². The van der Waals surface area contributed by atoms with Crippen LogP contribution >= 0.6 is 0 Å². The molecule has 2 N–H and O–H groups in total. The van der Waals surface area contributed by atoms with Gasteiger partial charge in [0.2, 0.25) is 5.91 Å². The van der Waals surface area contributed by atoms with Crippen molar-refractivity contribution < 1.29 is 23.1 Å². The van der Waals surface area contributed by atoms with Crippen molar-refractivity contribution in [1.29, 1.82) is 0 Å². The Kier molecular flexibility index (Phi) is 4.37. The van der Waals surface area contributed by atoms with E-state index in [1.54, 1.807) is 7.05 Å². The number of aliphatic hydroxyl groups is 1. The summed E-state index contributed by atoms with van der Waals surface area (Å²) in [5.41, 5.74) is -2.75. The number of carbonyl (C=O) groups is 1. The molecule has 17 heavy (non-hydrogen) atoms. The molecule has 4 nitrogen and oxygen atoms in total. The predicted molar refractivity (Wildman–Crippen MR) is 55.4 cm³/mol. The summed E-state index contributed by atoms with van der Waals surface area (Å²) in [6.45, 7) is 0.0414. The first kappa shape index (κ1) is 14.2. The van der Waals surface area contributed by atoms with Crippen molar-refractivity contribution in [3.8, 4) is 0 Å². The summed E-state index contributed by atoms with van der Waals surface area (Å²) in [4.78, 5) is 12.7. The van der Waals surface area contributed by atoms with Crippen molar-refractivity contribution in [3.63, 3.8) is 0 Å². The molecule has 1 fully saturated rings. The average Bonchev–Trinajstić information content (AvgIpc) is 2.24. The van der Waals surface area contributed by atoms with E-state index in [1.165, 1.54) is 0 Å². The number of hydrogen-bond donors (Lipinski definition) is 2. The Morgan fingerprint density at radius 3 is 2.71 bits per heavy atom. The zero-order chi connectivity index (χ0) is 13.1. The normalized spacial score (nSPS) is 26.1. The second kappa shape index (κ2) is 5.22. The molecule has 0 bridgehead atoms. The lowest BCUT2D eigenvalue weighted by Gasteiger charge is -2.40. The molecular weight excluding hydrogens is 237 g/mol. The van der Waals surface area contributed by atoms with Crippen LogP contribution in [0.25, 0.3) is 0 Å². The number of piperidine rings is 1. The third kappa shape index (κ3) is 3.32. The Balaban J connectivity index is 2.63. The van der Waals surface area contributed by atoms with E-state index in [2.05, 4.69) is 5.32 Å². The van der Waals surface area contributed by atoms with E-state index < -0.39 is 18.3 Å². The zero-order valence-corrected chi connectivity index (χ0v) is 9.68. The second-order valence-corrected chi connectivity index (χ2v) is 4.30. The first-order valence-corrected chi connectivity index (χ1v) is 5.51. The molecule has 1 heterocycles. The number of amides is 1. The summed E-state index contributed by atoms with van der Waals surface area (Å²) in [7, 11) is 1.66. The molecule has 0 spiro atoms. The molecule has 1 atom stereocenters. The molecule has 1 unspecified atom stereocenters. The fourth-order valence-electron chi connectivity index (χ4n) is 1.87. The van der Waals surface area contributed by atoms with Gasteiger partial charge in [-0.25, -0.2) is 0 Å². The van der Waals surface area contributed by atoms with Crippen LogP contribution in [0, 0.1) is 0 Å². The minimum atomic E-state index is -4.69. The van der Waals surface area contributed by atoms with E-state index in [0.29, 0.717) is 6.54 Å². The number of carbonyl (C=O) groups excluding carboxylic acids is 1. The van der Waals surface area contributed by atoms with Crippen molar-refractivity contribution in [2.45, 2.75) is 31.0 Å². The highest BCUT2D eigenvalue weighted by atomic mass is 19.4. The molecular formula is C10H17F3N2O2. The van der Waals surface area contributed by atoms with Crippen LogP contribution in [0.3, 0.4) is 0 Å². The van der Waals surface area contributed by atoms with Crippen LogP contribution in [0.5, 0.6) is 0 Å². The largest absolute Gasteiger partial charge is 0.418 e. The molecule has 0 aromatic rings. The number of alkyl halides is 3. The molecule has 1 rings (SSSR count). The number of likely N-dealkylation sites (tertiary alicyclic amines) is 1. The molecule has 0 aromatic heterocycles. The third-order valence-electron chi connectivity index (χ3n) is 2.94. The van der Waals surface area contributed by atoms with Crippen molar-refractivity contribution in [1.82, 2.24) is 10.2 Å². The highest BCUT2D eigenvalue weighted by molar-refractivity contribution is 5.76. The smallest absolute Gasteiger partial charge is 0.379 e. The highest BCUT2D eigenvalue weighted by Gasteiger charge is 2.55. The summed E-state index contributed by atoms with van der Waals surface area (Å²) in [6.07, 6.45) is -4.72. The summed E-state index contributed by atoms with van der Waals surface area (Å²) >= 11 is 0. The molecule has 1 aliphatic heterocycles. The van der Waals surface area contributed by atoms with Gasteiger partial charge in [0.25, 0.3) is 0 Å². The van der Waals surface area contributed by atoms with Gasteiger partial charge < -0.3 is 15.3 Å². The minimum Gasteiger partial charge on any atom is -0.379 e. The quantitative estimate of drug-likeness (QED) is 0.771. The van der Waals surface area contributed by atoms with Gasteiger partial charge in [0.1, 0.15) is 0 Å². The number of nitrogens with zero attached hydrogens (tertiary/aromatic N) is 1. The molecule has 1 amide bonds. The highest BCUT2D eigenvalue weighted by Crippen LogP contribution is 2.37. The van der Waals surface area contributed by atoms with Crippen LogP contribution in [-0.4, -0.2) is 54.4 Å². The van der Waals surface area contributed by atoms with Crippen LogP contribution in [-0.2, 0) is 4.79 Å². The summed E-state index contributed by atoms with van der Waals surface area (Å²) in [6, 6.07) is 0. The van der Waals surface area contributed by atoms with Crippen molar-refractivity contribution >= 4 is 5.91 Å². The van der Waals surface area contributed by atoms with Gasteiger partial charge in [0, 0.05) is 19.5 Å². The Labute approximate surface area is 97.8 Å². The Hall–Kier alpha value is -0.820. The molecule has 0 radical (unpaired) electrons. The fourth-order valence-corrected chi connectivity index (χ4v) is 1.87. The lowest BCUT2D eigenvalue weighted by molar-refractivity contribution is -0.272. The molecule has 1 saturated heterocycles. The van der Waals surface area contributed by atoms with Gasteiger partial charge in [0.15, 0.2) is 5.60 Å². The maximum absolute atomic E-state index is 12.6. The van der Waals surface area contributed by atoms with Crippen LogP contribution in [0.1, 0.15) is 19.3 Å². The van der Waals surface area contributed by atoms with Crippen LogP contribution in [0.15, 0.2) is 0 Å². The molecule has 0 saturated carbocycles.